The van der Waals surface area contributed by atoms with E-state index in [9.17, 15) is 9.59 Å². The van der Waals surface area contributed by atoms with Gasteiger partial charge in [-0.2, -0.15) is 0 Å². The summed E-state index contributed by atoms with van der Waals surface area (Å²) in [5.74, 6) is -0.171. The molecule has 1 aromatic carbocycles. The Kier molecular flexibility index (Phi) is 6.05. The number of nitrogens with zero attached hydrogens (tertiary/aromatic N) is 3. The number of hydrogen-bond donors (Lipinski definition) is 0. The zero-order valence-corrected chi connectivity index (χ0v) is 17.4. The van der Waals surface area contributed by atoms with E-state index in [4.69, 9.17) is 0 Å². The number of piperazine rings is 1. The zero-order valence-electron chi connectivity index (χ0n) is 16.6. The molecule has 0 N–H and O–H groups in total. The summed E-state index contributed by atoms with van der Waals surface area (Å²) in [6.07, 6.45) is 5.40. The number of aromatic nitrogens is 1. The first-order valence-corrected chi connectivity index (χ1v) is 10.8. The molecule has 3 aromatic rings. The molecule has 0 bridgehead atoms. The highest BCUT2D eigenvalue weighted by Gasteiger charge is 2.37. The Morgan fingerprint density at radius 3 is 2.57 bits per heavy atom. The van der Waals surface area contributed by atoms with Gasteiger partial charge in [0.15, 0.2) is 0 Å². The molecule has 0 saturated carbocycles. The lowest BCUT2D eigenvalue weighted by Gasteiger charge is -2.40. The Labute approximate surface area is 180 Å². The molecule has 1 aliphatic rings. The minimum absolute atomic E-state index is 0.0362. The van der Waals surface area contributed by atoms with Gasteiger partial charge in [-0.05, 0) is 34.7 Å². The third-order valence-corrected chi connectivity index (χ3v) is 6.23. The second-order valence-corrected chi connectivity index (χ2v) is 8.15. The fourth-order valence-electron chi connectivity index (χ4n) is 3.75. The van der Waals surface area contributed by atoms with Crippen molar-refractivity contribution in [2.24, 2.45) is 0 Å². The average molecular weight is 418 g/mol. The molecular weight excluding hydrogens is 394 g/mol. The molecule has 1 fully saturated rings. The fourth-order valence-corrected chi connectivity index (χ4v) is 4.48. The van der Waals surface area contributed by atoms with Crippen LogP contribution >= 0.6 is 11.3 Å². The lowest BCUT2D eigenvalue weighted by Crippen LogP contribution is -2.59. The van der Waals surface area contributed by atoms with Crippen molar-refractivity contribution in [2.45, 2.75) is 12.5 Å². The molecule has 2 amide bonds. The molecule has 3 heterocycles. The normalized spacial score (nSPS) is 16.5. The molecule has 6 heteroatoms. The minimum atomic E-state index is -0.535. The standard InChI is InChI=1S/C24H23N3O2S/c1-2-13-26-14-15-27(23(28)20-9-11-25-12-10-20)21(24(26)29)17-18-5-7-19(8-6-18)22-4-3-16-30-22/h2-12,16,21H,1,13-15,17H2. The molecule has 1 unspecified atom stereocenters. The average Bonchev–Trinajstić information content (AvgIpc) is 3.32. The molecule has 5 nitrogen and oxygen atoms in total. The maximum Gasteiger partial charge on any atom is 0.254 e. The second kappa shape index (κ2) is 9.05. The van der Waals surface area contributed by atoms with Crippen LogP contribution in [-0.4, -0.2) is 52.3 Å². The quantitative estimate of drug-likeness (QED) is 0.572. The van der Waals surface area contributed by atoms with Crippen LogP contribution in [0.3, 0.4) is 0 Å². The van der Waals surface area contributed by atoms with Gasteiger partial charge in [-0.3, -0.25) is 14.6 Å². The van der Waals surface area contributed by atoms with Gasteiger partial charge in [-0.25, -0.2) is 0 Å². The highest BCUT2D eigenvalue weighted by Crippen LogP contribution is 2.26. The number of pyridine rings is 1. The number of carbonyl (C=O) groups excluding carboxylic acids is 2. The third kappa shape index (κ3) is 4.19. The monoisotopic (exact) mass is 417 g/mol. The first kappa shape index (κ1) is 20.0. The van der Waals surface area contributed by atoms with Gasteiger partial charge in [0.2, 0.25) is 5.91 Å². The van der Waals surface area contributed by atoms with Gasteiger partial charge < -0.3 is 9.80 Å². The van der Waals surface area contributed by atoms with E-state index in [1.807, 2.05) is 18.2 Å². The molecular formula is C24H23N3O2S. The van der Waals surface area contributed by atoms with E-state index < -0.39 is 6.04 Å². The summed E-state index contributed by atoms with van der Waals surface area (Å²) in [5, 5.41) is 2.06. The molecule has 152 valence electrons. The predicted molar refractivity (Wildman–Crippen MR) is 119 cm³/mol. The maximum atomic E-state index is 13.2. The number of hydrogen-bond acceptors (Lipinski definition) is 4. The maximum absolute atomic E-state index is 13.2. The van der Waals surface area contributed by atoms with E-state index in [-0.39, 0.29) is 11.8 Å². The van der Waals surface area contributed by atoms with Gasteiger partial charge in [0.1, 0.15) is 6.04 Å². The first-order valence-electron chi connectivity index (χ1n) is 9.91. The van der Waals surface area contributed by atoms with Crippen molar-refractivity contribution in [1.82, 2.24) is 14.8 Å². The van der Waals surface area contributed by atoms with E-state index in [1.54, 1.807) is 51.7 Å². The minimum Gasteiger partial charge on any atom is -0.335 e. The Morgan fingerprint density at radius 2 is 1.90 bits per heavy atom. The van der Waals surface area contributed by atoms with Crippen LogP contribution in [0.15, 0.2) is 79.0 Å². The highest BCUT2D eigenvalue weighted by atomic mass is 32.1. The Balaban J connectivity index is 1.58. The third-order valence-electron chi connectivity index (χ3n) is 5.31. The van der Waals surface area contributed by atoms with E-state index in [0.717, 1.165) is 11.1 Å². The molecule has 4 rings (SSSR count). The van der Waals surface area contributed by atoms with Crippen molar-refractivity contribution in [3.63, 3.8) is 0 Å². The van der Waals surface area contributed by atoms with Gasteiger partial charge in [-0.1, -0.05) is 36.4 Å². The topological polar surface area (TPSA) is 53.5 Å². The van der Waals surface area contributed by atoms with Crippen molar-refractivity contribution in [2.75, 3.05) is 19.6 Å². The summed E-state index contributed by atoms with van der Waals surface area (Å²) < 4.78 is 0. The molecule has 1 aliphatic heterocycles. The van der Waals surface area contributed by atoms with Crippen LogP contribution in [0.1, 0.15) is 15.9 Å². The van der Waals surface area contributed by atoms with Crippen LogP contribution in [0.2, 0.25) is 0 Å². The van der Waals surface area contributed by atoms with Gasteiger partial charge in [0.25, 0.3) is 5.91 Å². The van der Waals surface area contributed by atoms with Gasteiger partial charge in [0.05, 0.1) is 0 Å². The van der Waals surface area contributed by atoms with Gasteiger partial charge >= 0.3 is 0 Å². The molecule has 1 saturated heterocycles. The van der Waals surface area contributed by atoms with Crippen LogP contribution in [0.25, 0.3) is 10.4 Å². The molecule has 30 heavy (non-hydrogen) atoms. The summed E-state index contributed by atoms with van der Waals surface area (Å²) >= 11 is 1.70. The van der Waals surface area contributed by atoms with Gasteiger partial charge in [0, 0.05) is 48.9 Å². The lowest BCUT2D eigenvalue weighted by molar-refractivity contribution is -0.139. The van der Waals surface area contributed by atoms with Crippen molar-refractivity contribution < 1.29 is 9.59 Å². The lowest BCUT2D eigenvalue weighted by atomic mass is 9.99. The summed E-state index contributed by atoms with van der Waals surface area (Å²) in [7, 11) is 0. The Bertz CT molecular complexity index is 1020. The molecule has 0 radical (unpaired) electrons. The molecule has 1 atom stereocenters. The fraction of sp³-hybridized carbons (Fsp3) is 0.208. The number of amides is 2. The van der Waals surface area contributed by atoms with Crippen molar-refractivity contribution in [3.8, 4) is 10.4 Å². The second-order valence-electron chi connectivity index (χ2n) is 7.20. The van der Waals surface area contributed by atoms with E-state index in [0.29, 0.717) is 31.6 Å². The zero-order chi connectivity index (χ0) is 20.9. The summed E-state index contributed by atoms with van der Waals surface area (Å²) in [6.45, 7) is 5.25. The van der Waals surface area contributed by atoms with Crippen LogP contribution in [0.5, 0.6) is 0 Å². The number of benzene rings is 1. The molecule has 0 spiro atoms. The molecule has 2 aromatic heterocycles. The predicted octanol–water partition coefficient (Wildman–Crippen LogP) is 3.89. The highest BCUT2D eigenvalue weighted by molar-refractivity contribution is 7.13. The van der Waals surface area contributed by atoms with Gasteiger partial charge in [-0.15, -0.1) is 17.9 Å². The SMILES string of the molecule is C=CCN1CCN(C(=O)c2ccncc2)C(Cc2ccc(-c3cccs3)cc2)C1=O. The van der Waals surface area contributed by atoms with E-state index in [2.05, 4.69) is 35.1 Å². The van der Waals surface area contributed by atoms with Crippen LogP contribution in [0.4, 0.5) is 0 Å². The number of carbonyl (C=O) groups is 2. The summed E-state index contributed by atoms with van der Waals surface area (Å²) in [5.41, 5.74) is 2.73. The van der Waals surface area contributed by atoms with Crippen molar-refractivity contribution in [3.05, 3.63) is 90.1 Å². The van der Waals surface area contributed by atoms with Crippen LogP contribution < -0.4 is 0 Å². The van der Waals surface area contributed by atoms with E-state index >= 15 is 0 Å². The van der Waals surface area contributed by atoms with Crippen LogP contribution in [0, 0.1) is 0 Å². The Morgan fingerprint density at radius 1 is 1.13 bits per heavy atom. The number of thiophene rings is 1. The Hall–Kier alpha value is -3.25. The van der Waals surface area contributed by atoms with Crippen molar-refractivity contribution in [1.29, 1.82) is 0 Å². The molecule has 0 aliphatic carbocycles. The van der Waals surface area contributed by atoms with Crippen LogP contribution in [-0.2, 0) is 11.2 Å². The van der Waals surface area contributed by atoms with E-state index in [1.165, 1.54) is 4.88 Å². The summed E-state index contributed by atoms with van der Waals surface area (Å²) in [6, 6.07) is 15.2. The van der Waals surface area contributed by atoms with Crippen molar-refractivity contribution >= 4 is 23.2 Å². The summed E-state index contributed by atoms with van der Waals surface area (Å²) in [4.78, 5) is 35.0. The first-order chi connectivity index (χ1) is 14.7. The largest absolute Gasteiger partial charge is 0.335 e. The smallest absolute Gasteiger partial charge is 0.254 e. The number of rotatable bonds is 6.